The Morgan fingerprint density at radius 3 is 2.71 bits per heavy atom. The van der Waals surface area contributed by atoms with Crippen LogP contribution in [0.4, 0.5) is 0 Å². The fourth-order valence-corrected chi connectivity index (χ4v) is 4.25. The molecule has 1 aromatic heterocycles. The summed E-state index contributed by atoms with van der Waals surface area (Å²) in [6.07, 6.45) is 3.54. The maximum absolute atomic E-state index is 12.8. The molecule has 1 amide bonds. The number of hydrogen-bond donors (Lipinski definition) is 0. The minimum Gasteiger partial charge on any atom is -0.545 e. The molecule has 3 aliphatic heterocycles. The topological polar surface area (TPSA) is 115 Å². The number of imidazole rings is 1. The summed E-state index contributed by atoms with van der Waals surface area (Å²) in [6, 6.07) is 12.0. The third kappa shape index (κ3) is 4.71. The Bertz CT molecular complexity index is 1300. The second kappa shape index (κ2) is 9.74. The molecule has 3 aromatic rings. The van der Waals surface area contributed by atoms with Crippen LogP contribution in [0.2, 0.25) is 0 Å². The number of benzene rings is 2. The molecule has 0 spiro atoms. The number of carbonyl (C=O) groups excluding carboxylic acids is 2. The average Bonchev–Trinajstić information content (AvgIpc) is 3.21. The van der Waals surface area contributed by atoms with E-state index in [9.17, 15) is 20.0 Å². The first-order valence-corrected chi connectivity index (χ1v) is 10.5. The molecule has 166 valence electrons. The third-order valence-electron chi connectivity index (χ3n) is 5.99. The smallest absolute Gasteiger partial charge is 0.545 e. The van der Waals surface area contributed by atoms with Crippen molar-refractivity contribution in [2.24, 2.45) is 0 Å². The number of nitrogens with zero attached hydrogens (tertiary/aromatic N) is 5. The van der Waals surface area contributed by atoms with Gasteiger partial charge in [-0.15, -0.1) is 0 Å². The standard InChI is InChI=1S/C24H21N5O4.Li/c25-9-17-2-1-16-7-22(17)33-20-3-4-21(24(31)32)18(8-20)12-28-6-5-27(14-23(28)30)13-19-10-26-15-29(19)11-16;/h1-4,7-8,10,15H,5-6,11-14H2,(H,31,32);/q;+1/p-1. The van der Waals surface area contributed by atoms with Gasteiger partial charge in [-0.25, -0.2) is 4.98 Å². The Morgan fingerprint density at radius 2 is 1.94 bits per heavy atom. The van der Waals surface area contributed by atoms with E-state index in [1.165, 1.54) is 12.1 Å². The maximum atomic E-state index is 12.8. The van der Waals surface area contributed by atoms with E-state index in [1.807, 2.05) is 10.6 Å². The quantitative estimate of drug-likeness (QED) is 0.400. The van der Waals surface area contributed by atoms with Crippen LogP contribution in [0.25, 0.3) is 0 Å². The van der Waals surface area contributed by atoms with Crippen molar-refractivity contribution in [3.05, 3.63) is 76.9 Å². The van der Waals surface area contributed by atoms with Crippen molar-refractivity contribution in [1.29, 1.82) is 5.26 Å². The van der Waals surface area contributed by atoms with Crippen LogP contribution in [0.15, 0.2) is 48.9 Å². The van der Waals surface area contributed by atoms with Crippen LogP contribution in [0, 0.1) is 11.3 Å². The molecule has 0 aliphatic carbocycles. The summed E-state index contributed by atoms with van der Waals surface area (Å²) in [5.41, 5.74) is 2.69. The molecule has 1 atom stereocenters. The zero-order chi connectivity index (χ0) is 22.9. The molecule has 10 heteroatoms. The van der Waals surface area contributed by atoms with E-state index in [-0.39, 0.29) is 43.4 Å². The van der Waals surface area contributed by atoms with Crippen molar-refractivity contribution in [3.63, 3.8) is 0 Å². The van der Waals surface area contributed by atoms with E-state index in [0.717, 1.165) is 11.3 Å². The van der Waals surface area contributed by atoms with Gasteiger partial charge in [0, 0.05) is 44.5 Å². The van der Waals surface area contributed by atoms with E-state index < -0.39 is 5.97 Å². The van der Waals surface area contributed by atoms with Crippen LogP contribution in [-0.2, 0) is 24.4 Å². The van der Waals surface area contributed by atoms with E-state index in [4.69, 9.17) is 4.74 Å². The van der Waals surface area contributed by atoms with E-state index >= 15 is 0 Å². The summed E-state index contributed by atoms with van der Waals surface area (Å²) >= 11 is 0. The third-order valence-corrected chi connectivity index (χ3v) is 5.99. The fourth-order valence-electron chi connectivity index (χ4n) is 4.25. The molecule has 0 radical (unpaired) electrons. The summed E-state index contributed by atoms with van der Waals surface area (Å²) in [6.45, 7) is 2.61. The van der Waals surface area contributed by atoms with Gasteiger partial charge in [-0.1, -0.05) is 6.07 Å². The minimum atomic E-state index is -1.31. The number of carboxylic acid groups (broad SMARTS) is 1. The van der Waals surface area contributed by atoms with Gasteiger partial charge in [0.1, 0.15) is 17.6 Å². The van der Waals surface area contributed by atoms with Crippen LogP contribution in [-0.4, -0.2) is 50.9 Å². The normalized spacial score (nSPS) is 17.2. The minimum absolute atomic E-state index is 0. The summed E-state index contributed by atoms with van der Waals surface area (Å²) in [7, 11) is 0. The first-order valence-electron chi connectivity index (χ1n) is 10.5. The van der Waals surface area contributed by atoms with Gasteiger partial charge in [-0.3, -0.25) is 9.69 Å². The fraction of sp³-hybridized carbons (Fsp3) is 0.250. The summed E-state index contributed by atoms with van der Waals surface area (Å²) in [4.78, 5) is 32.5. The zero-order valence-electron chi connectivity index (χ0n) is 18.7. The molecule has 1 saturated heterocycles. The van der Waals surface area contributed by atoms with Crippen molar-refractivity contribution in [2.45, 2.75) is 19.6 Å². The molecular formula is C24H20LiN5O4. The first kappa shape index (κ1) is 23.6. The predicted molar refractivity (Wildman–Crippen MR) is 114 cm³/mol. The van der Waals surface area contributed by atoms with Crippen molar-refractivity contribution >= 4 is 11.9 Å². The molecular weight excluding hydrogens is 429 g/mol. The second-order valence-electron chi connectivity index (χ2n) is 8.19. The Morgan fingerprint density at radius 1 is 1.09 bits per heavy atom. The van der Waals surface area contributed by atoms with Crippen molar-refractivity contribution in [3.8, 4) is 17.6 Å². The van der Waals surface area contributed by atoms with Gasteiger partial charge in [-0.2, -0.15) is 5.26 Å². The Balaban J connectivity index is 0.00000274. The van der Waals surface area contributed by atoms with Gasteiger partial charge >= 0.3 is 18.9 Å². The first-order chi connectivity index (χ1) is 16.0. The maximum Gasteiger partial charge on any atom is 1.00 e. The number of hydrogen-bond acceptors (Lipinski definition) is 7. The van der Waals surface area contributed by atoms with Gasteiger partial charge < -0.3 is 24.1 Å². The molecule has 0 saturated carbocycles. The van der Waals surface area contributed by atoms with E-state index in [1.54, 1.807) is 35.6 Å². The number of carboxylic acids is 1. The van der Waals surface area contributed by atoms with Gasteiger partial charge in [0.25, 0.3) is 0 Å². The SMILES string of the molecule is N#Cc1ccc2cc1Oc1ccc(C(=O)[O-])c(c1)CN1CCN(CC1=O)Cc1cncn1C2.[Li+]. The van der Waals surface area contributed by atoms with Crippen LogP contribution in [0.1, 0.15) is 32.7 Å². The molecule has 34 heavy (non-hydrogen) atoms. The number of fused-ring (bicyclic) bond motifs is 2. The summed E-state index contributed by atoms with van der Waals surface area (Å²) < 4.78 is 8.03. The Labute approximate surface area is 208 Å². The molecule has 6 rings (SSSR count). The van der Waals surface area contributed by atoms with Gasteiger partial charge in [0.2, 0.25) is 5.91 Å². The zero-order valence-corrected chi connectivity index (χ0v) is 18.7. The second-order valence-corrected chi connectivity index (χ2v) is 8.19. The summed E-state index contributed by atoms with van der Waals surface area (Å²) in [5.74, 6) is -0.639. The molecule has 1 fully saturated rings. The number of nitriles is 1. The Kier molecular flexibility index (Phi) is 6.76. The number of aromatic carboxylic acids is 1. The van der Waals surface area contributed by atoms with E-state index in [0.29, 0.717) is 48.8 Å². The monoisotopic (exact) mass is 449 g/mol. The molecule has 1 unspecified atom stereocenters. The summed E-state index contributed by atoms with van der Waals surface area (Å²) in [5, 5.41) is 21.2. The van der Waals surface area contributed by atoms with Gasteiger partial charge in [0.05, 0.1) is 30.1 Å². The Hall–Kier alpha value is -3.56. The van der Waals surface area contributed by atoms with Crippen molar-refractivity contribution in [2.75, 3.05) is 19.6 Å². The number of amides is 1. The average molecular weight is 449 g/mol. The molecule has 4 heterocycles. The largest absolute Gasteiger partial charge is 1.00 e. The van der Waals surface area contributed by atoms with Gasteiger partial charge in [-0.05, 0) is 41.5 Å². The predicted octanol–water partition coefficient (Wildman–Crippen LogP) is -1.88. The van der Waals surface area contributed by atoms with Crippen LogP contribution in [0.3, 0.4) is 0 Å². The number of carbonyl (C=O) groups is 2. The number of rotatable bonds is 1. The number of piperazine rings is 1. The molecule has 2 aromatic carbocycles. The number of aromatic nitrogens is 2. The van der Waals surface area contributed by atoms with Crippen molar-refractivity contribution < 1.29 is 38.3 Å². The molecule has 6 bridgehead atoms. The molecule has 3 aliphatic rings. The van der Waals surface area contributed by atoms with E-state index in [2.05, 4.69) is 16.0 Å². The van der Waals surface area contributed by atoms with Crippen molar-refractivity contribution in [1.82, 2.24) is 19.4 Å². The van der Waals surface area contributed by atoms with Crippen LogP contribution < -0.4 is 28.7 Å². The van der Waals surface area contributed by atoms with Crippen LogP contribution >= 0.6 is 0 Å². The van der Waals surface area contributed by atoms with Crippen LogP contribution in [0.5, 0.6) is 11.5 Å². The molecule has 9 nitrogen and oxygen atoms in total. The molecule has 0 N–H and O–H groups in total. The number of ether oxygens (including phenoxy) is 1. The van der Waals surface area contributed by atoms with Gasteiger partial charge in [0.15, 0.2) is 0 Å².